The van der Waals surface area contributed by atoms with Crippen molar-refractivity contribution < 1.29 is 18.8 Å². The standard InChI is InChI=1S/C11H15BO4/c1-3-14-12(15-4-2)16-11-7-5-10(9-13)6-8-11/h5-9H,3-4H2,1-2H3. The number of carbonyl (C=O) groups excluding carboxylic acids is 1. The molecule has 0 fully saturated rings. The zero-order valence-electron chi connectivity index (χ0n) is 9.51. The third kappa shape index (κ3) is 4.04. The Labute approximate surface area is 95.7 Å². The highest BCUT2D eigenvalue weighted by molar-refractivity contribution is 6.37. The number of rotatable bonds is 7. The second-order valence-electron chi connectivity index (χ2n) is 3.00. The minimum absolute atomic E-state index is 0.511. The van der Waals surface area contributed by atoms with Gasteiger partial charge in [-0.05, 0) is 38.1 Å². The fraction of sp³-hybridized carbons (Fsp3) is 0.364. The largest absolute Gasteiger partial charge is 0.713 e. The van der Waals surface area contributed by atoms with Crippen LogP contribution in [0.4, 0.5) is 0 Å². The Bertz CT molecular complexity index is 306. The van der Waals surface area contributed by atoms with Gasteiger partial charge in [0, 0.05) is 18.8 Å². The van der Waals surface area contributed by atoms with Gasteiger partial charge in [-0.1, -0.05) is 0 Å². The summed E-state index contributed by atoms with van der Waals surface area (Å²) < 4.78 is 15.9. The van der Waals surface area contributed by atoms with E-state index in [0.717, 1.165) is 6.29 Å². The summed E-state index contributed by atoms with van der Waals surface area (Å²) in [7, 11) is -0.697. The molecule has 5 heteroatoms. The summed E-state index contributed by atoms with van der Waals surface area (Å²) in [6.45, 7) is 4.75. The quantitative estimate of drug-likeness (QED) is 0.522. The minimum atomic E-state index is -0.697. The van der Waals surface area contributed by atoms with Gasteiger partial charge in [0.1, 0.15) is 12.0 Å². The number of carbonyl (C=O) groups is 1. The summed E-state index contributed by atoms with van der Waals surface area (Å²) in [5.41, 5.74) is 0.608. The summed E-state index contributed by atoms with van der Waals surface area (Å²) in [5.74, 6) is 0.609. The first-order valence-electron chi connectivity index (χ1n) is 5.25. The number of benzene rings is 1. The second kappa shape index (κ2) is 7.03. The highest BCUT2D eigenvalue weighted by Gasteiger charge is 2.22. The van der Waals surface area contributed by atoms with Gasteiger partial charge in [0.2, 0.25) is 0 Å². The molecule has 1 aromatic carbocycles. The highest BCUT2D eigenvalue weighted by Crippen LogP contribution is 2.12. The maximum atomic E-state index is 10.5. The molecule has 0 bridgehead atoms. The van der Waals surface area contributed by atoms with E-state index in [4.69, 9.17) is 14.0 Å². The monoisotopic (exact) mass is 222 g/mol. The average molecular weight is 222 g/mol. The van der Waals surface area contributed by atoms with Crippen LogP contribution >= 0.6 is 0 Å². The van der Waals surface area contributed by atoms with Crippen LogP contribution in [0.3, 0.4) is 0 Å². The highest BCUT2D eigenvalue weighted by atomic mass is 16.7. The van der Waals surface area contributed by atoms with Gasteiger partial charge in [0.15, 0.2) is 0 Å². The van der Waals surface area contributed by atoms with E-state index in [0.29, 0.717) is 24.5 Å². The van der Waals surface area contributed by atoms with E-state index in [9.17, 15) is 4.79 Å². The predicted molar refractivity (Wildman–Crippen MR) is 61.5 cm³/mol. The van der Waals surface area contributed by atoms with Gasteiger partial charge >= 0.3 is 7.32 Å². The molecule has 0 saturated heterocycles. The predicted octanol–water partition coefficient (Wildman–Crippen LogP) is 1.94. The van der Waals surface area contributed by atoms with Crippen molar-refractivity contribution in [3.8, 4) is 5.75 Å². The molecular weight excluding hydrogens is 207 g/mol. The lowest BCUT2D eigenvalue weighted by Gasteiger charge is -2.13. The molecule has 16 heavy (non-hydrogen) atoms. The van der Waals surface area contributed by atoms with E-state index in [1.807, 2.05) is 13.8 Å². The molecule has 4 nitrogen and oxygen atoms in total. The van der Waals surface area contributed by atoms with E-state index in [1.54, 1.807) is 24.3 Å². The maximum Gasteiger partial charge on any atom is 0.713 e. The first-order valence-corrected chi connectivity index (χ1v) is 5.25. The molecule has 0 spiro atoms. The van der Waals surface area contributed by atoms with Crippen LogP contribution in [0.25, 0.3) is 0 Å². The van der Waals surface area contributed by atoms with Crippen molar-refractivity contribution in [1.29, 1.82) is 0 Å². The van der Waals surface area contributed by atoms with Crippen molar-refractivity contribution in [1.82, 2.24) is 0 Å². The molecule has 86 valence electrons. The Kier molecular flexibility index (Phi) is 5.60. The first-order chi connectivity index (χ1) is 7.80. The van der Waals surface area contributed by atoms with Crippen LogP contribution in [0.1, 0.15) is 24.2 Å². The first kappa shape index (κ1) is 12.7. The Morgan fingerprint density at radius 1 is 1.12 bits per heavy atom. The normalized spacial score (nSPS) is 9.88. The Balaban J connectivity index is 2.58. The van der Waals surface area contributed by atoms with Crippen molar-refractivity contribution in [2.24, 2.45) is 0 Å². The zero-order chi connectivity index (χ0) is 11.8. The van der Waals surface area contributed by atoms with Crippen molar-refractivity contribution in [2.45, 2.75) is 13.8 Å². The van der Waals surface area contributed by atoms with Crippen LogP contribution in [-0.4, -0.2) is 26.8 Å². The topological polar surface area (TPSA) is 44.8 Å². The SMILES string of the molecule is CCOB(OCC)Oc1ccc(C=O)cc1. The minimum Gasteiger partial charge on any atom is -0.512 e. The van der Waals surface area contributed by atoms with E-state index in [-0.39, 0.29) is 0 Å². The maximum absolute atomic E-state index is 10.5. The third-order valence-corrected chi connectivity index (χ3v) is 1.85. The van der Waals surface area contributed by atoms with Gasteiger partial charge in [-0.2, -0.15) is 0 Å². The molecular formula is C11H15BO4. The fourth-order valence-electron chi connectivity index (χ4n) is 1.12. The van der Waals surface area contributed by atoms with Gasteiger partial charge in [-0.15, -0.1) is 0 Å². The molecule has 0 radical (unpaired) electrons. The number of hydrogen-bond donors (Lipinski definition) is 0. The lowest BCUT2D eigenvalue weighted by molar-refractivity contribution is 0.112. The van der Waals surface area contributed by atoms with E-state index < -0.39 is 7.32 Å². The summed E-state index contributed by atoms with van der Waals surface area (Å²) >= 11 is 0. The van der Waals surface area contributed by atoms with Gasteiger partial charge < -0.3 is 14.0 Å². The van der Waals surface area contributed by atoms with Gasteiger partial charge in [0.25, 0.3) is 0 Å². The number of aldehydes is 1. The molecule has 0 aliphatic heterocycles. The summed E-state index contributed by atoms with van der Waals surface area (Å²) in [4.78, 5) is 10.5. The van der Waals surface area contributed by atoms with Crippen LogP contribution in [0, 0.1) is 0 Å². The molecule has 0 saturated carbocycles. The molecule has 0 unspecified atom stereocenters. The van der Waals surface area contributed by atoms with Crippen molar-refractivity contribution in [3.63, 3.8) is 0 Å². The molecule has 0 aliphatic carbocycles. The van der Waals surface area contributed by atoms with Gasteiger partial charge in [-0.25, -0.2) is 0 Å². The fourth-order valence-corrected chi connectivity index (χ4v) is 1.12. The lowest BCUT2D eigenvalue weighted by Crippen LogP contribution is -2.30. The molecule has 0 heterocycles. The van der Waals surface area contributed by atoms with Gasteiger partial charge in [0.05, 0.1) is 0 Å². The summed E-state index contributed by atoms with van der Waals surface area (Å²) in [6, 6.07) is 6.76. The average Bonchev–Trinajstić information content (AvgIpc) is 2.31. The molecule has 1 aromatic rings. The Morgan fingerprint density at radius 3 is 2.12 bits per heavy atom. The molecule has 0 atom stereocenters. The van der Waals surface area contributed by atoms with Gasteiger partial charge in [-0.3, -0.25) is 4.79 Å². The molecule has 0 amide bonds. The summed E-state index contributed by atoms with van der Waals surface area (Å²) in [6.07, 6.45) is 0.784. The second-order valence-corrected chi connectivity index (χ2v) is 3.00. The van der Waals surface area contributed by atoms with E-state index >= 15 is 0 Å². The smallest absolute Gasteiger partial charge is 0.512 e. The Morgan fingerprint density at radius 2 is 1.69 bits per heavy atom. The van der Waals surface area contributed by atoms with E-state index in [2.05, 4.69) is 0 Å². The molecule has 0 N–H and O–H groups in total. The Hall–Kier alpha value is -1.33. The van der Waals surface area contributed by atoms with Crippen LogP contribution in [0.5, 0.6) is 5.75 Å². The van der Waals surface area contributed by atoms with Crippen LogP contribution in [-0.2, 0) is 9.31 Å². The van der Waals surface area contributed by atoms with Crippen molar-refractivity contribution in [3.05, 3.63) is 29.8 Å². The summed E-state index contributed by atoms with van der Waals surface area (Å²) in [5, 5.41) is 0. The number of hydrogen-bond acceptors (Lipinski definition) is 4. The third-order valence-electron chi connectivity index (χ3n) is 1.85. The van der Waals surface area contributed by atoms with Crippen LogP contribution in [0.15, 0.2) is 24.3 Å². The molecule has 0 aliphatic rings. The molecule has 0 aromatic heterocycles. The molecule has 1 rings (SSSR count). The lowest BCUT2D eigenvalue weighted by atomic mass is 10.2. The van der Waals surface area contributed by atoms with Crippen LogP contribution in [0.2, 0.25) is 0 Å². The van der Waals surface area contributed by atoms with E-state index in [1.165, 1.54) is 0 Å². The zero-order valence-corrected chi connectivity index (χ0v) is 9.51. The van der Waals surface area contributed by atoms with Crippen LogP contribution < -0.4 is 4.65 Å². The van der Waals surface area contributed by atoms with Crippen molar-refractivity contribution in [2.75, 3.05) is 13.2 Å². The van der Waals surface area contributed by atoms with Crippen molar-refractivity contribution >= 4 is 13.6 Å².